The number of hydrogen-bond acceptors (Lipinski definition) is 4. The highest BCUT2D eigenvalue weighted by Crippen LogP contribution is 2.32. The number of nitro groups is 1. The molecule has 82 valence electrons. The van der Waals surface area contributed by atoms with Crippen LogP contribution in [0.25, 0.3) is 0 Å². The summed E-state index contributed by atoms with van der Waals surface area (Å²) >= 11 is 2.88. The third-order valence-electron chi connectivity index (χ3n) is 1.67. The monoisotopic (exact) mass is 281 g/mol. The van der Waals surface area contributed by atoms with E-state index in [1.807, 2.05) is 0 Å². The molecule has 0 radical (unpaired) electrons. The Morgan fingerprint density at radius 1 is 1.67 bits per heavy atom. The van der Waals surface area contributed by atoms with Gasteiger partial charge in [-0.1, -0.05) is 0 Å². The third kappa shape index (κ3) is 2.45. The Labute approximate surface area is 91.6 Å². The van der Waals surface area contributed by atoms with Crippen molar-refractivity contribution in [2.75, 3.05) is 0 Å². The summed E-state index contributed by atoms with van der Waals surface area (Å²) in [6.45, 7) is -0.268. The van der Waals surface area contributed by atoms with Crippen LogP contribution >= 0.6 is 15.9 Å². The maximum atomic E-state index is 12.5. The van der Waals surface area contributed by atoms with Gasteiger partial charge in [0, 0.05) is 6.54 Å². The number of hydrogen-bond donors (Lipinski definition) is 1. The zero-order valence-electron chi connectivity index (χ0n) is 7.28. The maximum Gasteiger partial charge on any atom is 0.301 e. The molecule has 1 aromatic rings. The molecule has 8 heteroatoms. The van der Waals surface area contributed by atoms with Crippen LogP contribution in [0.2, 0.25) is 0 Å². The van der Waals surface area contributed by atoms with Gasteiger partial charge in [0.1, 0.15) is 15.9 Å². The molecule has 0 spiro atoms. The first kappa shape index (κ1) is 11.9. The molecule has 0 aromatic carbocycles. The van der Waals surface area contributed by atoms with Crippen LogP contribution in [0.1, 0.15) is 17.7 Å². The summed E-state index contributed by atoms with van der Waals surface area (Å²) in [7, 11) is 0. The molecule has 0 amide bonds. The zero-order valence-corrected chi connectivity index (χ0v) is 8.87. The van der Waals surface area contributed by atoms with Gasteiger partial charge in [-0.2, -0.15) is 0 Å². The van der Waals surface area contributed by atoms with Crippen molar-refractivity contribution in [1.82, 2.24) is 4.98 Å². The van der Waals surface area contributed by atoms with Crippen molar-refractivity contribution >= 4 is 21.6 Å². The van der Waals surface area contributed by atoms with Crippen LogP contribution in [0.5, 0.6) is 0 Å². The molecule has 1 heterocycles. The van der Waals surface area contributed by atoms with Crippen LogP contribution in [0, 0.1) is 10.1 Å². The molecule has 0 atom stereocenters. The fourth-order valence-electron chi connectivity index (χ4n) is 1.10. The lowest BCUT2D eigenvalue weighted by Gasteiger charge is -2.05. The number of nitrogens with zero attached hydrogens (tertiary/aromatic N) is 2. The lowest BCUT2D eigenvalue weighted by atomic mass is 10.2. The summed E-state index contributed by atoms with van der Waals surface area (Å²) in [5.41, 5.74) is 3.64. The van der Waals surface area contributed by atoms with Crippen LogP contribution < -0.4 is 5.73 Å². The van der Waals surface area contributed by atoms with Gasteiger partial charge in [-0.15, -0.1) is 0 Å². The van der Waals surface area contributed by atoms with E-state index in [1.165, 1.54) is 0 Å². The fraction of sp³-hybridized carbons (Fsp3) is 0.286. The van der Waals surface area contributed by atoms with Crippen molar-refractivity contribution in [1.29, 1.82) is 0 Å². The Morgan fingerprint density at radius 2 is 2.27 bits per heavy atom. The second-order valence-electron chi connectivity index (χ2n) is 2.59. The molecule has 0 saturated carbocycles. The summed E-state index contributed by atoms with van der Waals surface area (Å²) in [4.78, 5) is 13.4. The standard InChI is InChI=1S/C7H6BrF2N3O2/c8-5-1-3(7(9)10)6(13(14)15)4(2-11)12-5/h1,7H,2,11H2. The summed E-state index contributed by atoms with van der Waals surface area (Å²) in [6.07, 6.45) is -2.94. The lowest BCUT2D eigenvalue weighted by molar-refractivity contribution is -0.387. The molecule has 0 aliphatic carbocycles. The highest BCUT2D eigenvalue weighted by atomic mass is 79.9. The Hall–Kier alpha value is -1.15. The summed E-state index contributed by atoms with van der Waals surface area (Å²) in [5.74, 6) is 0. The normalized spacial score (nSPS) is 10.7. The molecule has 1 rings (SSSR count). The Bertz CT molecular complexity index is 400. The third-order valence-corrected chi connectivity index (χ3v) is 2.08. The van der Waals surface area contributed by atoms with Gasteiger partial charge in [-0.3, -0.25) is 10.1 Å². The van der Waals surface area contributed by atoms with Crippen LogP contribution in [-0.4, -0.2) is 9.91 Å². The average Bonchev–Trinajstić information content (AvgIpc) is 2.15. The van der Waals surface area contributed by atoms with Gasteiger partial charge in [0.2, 0.25) is 0 Å². The Kier molecular flexibility index (Phi) is 3.64. The van der Waals surface area contributed by atoms with Gasteiger partial charge in [0.05, 0.1) is 4.92 Å². The molecule has 5 nitrogen and oxygen atoms in total. The van der Waals surface area contributed by atoms with Crippen molar-refractivity contribution in [2.24, 2.45) is 5.73 Å². The lowest BCUT2D eigenvalue weighted by Crippen LogP contribution is -2.08. The van der Waals surface area contributed by atoms with Crippen molar-refractivity contribution in [3.8, 4) is 0 Å². The van der Waals surface area contributed by atoms with E-state index in [-0.39, 0.29) is 16.8 Å². The van der Waals surface area contributed by atoms with E-state index in [0.717, 1.165) is 6.07 Å². The Morgan fingerprint density at radius 3 is 2.67 bits per heavy atom. The molecule has 0 aliphatic heterocycles. The molecule has 0 bridgehead atoms. The van der Waals surface area contributed by atoms with E-state index in [4.69, 9.17) is 5.73 Å². The van der Waals surface area contributed by atoms with E-state index in [1.54, 1.807) is 0 Å². The molecule has 0 aliphatic rings. The quantitative estimate of drug-likeness (QED) is 0.523. The van der Waals surface area contributed by atoms with E-state index in [2.05, 4.69) is 20.9 Å². The minimum atomic E-state index is -2.94. The summed E-state index contributed by atoms with van der Waals surface area (Å²) in [6, 6.07) is 0.919. The van der Waals surface area contributed by atoms with Crippen molar-refractivity contribution in [3.05, 3.63) is 32.0 Å². The second-order valence-corrected chi connectivity index (χ2v) is 3.40. The molecule has 0 unspecified atom stereocenters. The van der Waals surface area contributed by atoms with Gasteiger partial charge in [-0.05, 0) is 22.0 Å². The van der Waals surface area contributed by atoms with Gasteiger partial charge in [0.15, 0.2) is 0 Å². The predicted octanol–water partition coefficient (Wildman–Crippen LogP) is 2.15. The maximum absolute atomic E-state index is 12.5. The Balaban J connectivity index is 3.47. The van der Waals surface area contributed by atoms with E-state index in [9.17, 15) is 18.9 Å². The average molecular weight is 282 g/mol. The first-order valence-electron chi connectivity index (χ1n) is 3.79. The largest absolute Gasteiger partial charge is 0.325 e. The van der Waals surface area contributed by atoms with Crippen molar-refractivity contribution < 1.29 is 13.7 Å². The molecule has 0 saturated heterocycles. The fourth-order valence-corrected chi connectivity index (χ4v) is 1.56. The van der Waals surface area contributed by atoms with Crippen molar-refractivity contribution in [2.45, 2.75) is 13.0 Å². The summed E-state index contributed by atoms with van der Waals surface area (Å²) in [5, 5.41) is 10.6. The van der Waals surface area contributed by atoms with Gasteiger partial charge in [-0.25, -0.2) is 13.8 Å². The highest BCUT2D eigenvalue weighted by Gasteiger charge is 2.26. The van der Waals surface area contributed by atoms with Gasteiger partial charge < -0.3 is 5.73 Å². The first-order valence-corrected chi connectivity index (χ1v) is 4.58. The van der Waals surface area contributed by atoms with Gasteiger partial charge >= 0.3 is 5.69 Å². The molecule has 15 heavy (non-hydrogen) atoms. The first-order chi connectivity index (χ1) is 6.97. The molecule has 2 N–H and O–H groups in total. The number of alkyl halides is 2. The number of nitrogens with two attached hydrogens (primary N) is 1. The second kappa shape index (κ2) is 4.58. The summed E-state index contributed by atoms with van der Waals surface area (Å²) < 4.78 is 25.1. The number of rotatable bonds is 3. The smallest absolute Gasteiger partial charge is 0.301 e. The van der Waals surface area contributed by atoms with Crippen LogP contribution in [0.4, 0.5) is 14.5 Å². The van der Waals surface area contributed by atoms with Crippen LogP contribution in [0.3, 0.4) is 0 Å². The molecule has 1 aromatic heterocycles. The van der Waals surface area contributed by atoms with E-state index in [0.29, 0.717) is 0 Å². The zero-order chi connectivity index (χ0) is 11.6. The molecular weight excluding hydrogens is 276 g/mol. The van der Waals surface area contributed by atoms with E-state index < -0.39 is 22.6 Å². The number of aromatic nitrogens is 1. The SMILES string of the molecule is NCc1nc(Br)cc(C(F)F)c1[N+](=O)[O-]. The topological polar surface area (TPSA) is 82.0 Å². The number of pyridine rings is 1. The van der Waals surface area contributed by atoms with Crippen LogP contribution in [0.15, 0.2) is 10.7 Å². The van der Waals surface area contributed by atoms with E-state index >= 15 is 0 Å². The minimum Gasteiger partial charge on any atom is -0.325 e. The minimum absolute atomic E-state index is 0.101. The van der Waals surface area contributed by atoms with Crippen molar-refractivity contribution in [3.63, 3.8) is 0 Å². The van der Waals surface area contributed by atoms with Gasteiger partial charge in [0.25, 0.3) is 6.43 Å². The number of halogens is 3. The highest BCUT2D eigenvalue weighted by molar-refractivity contribution is 9.10. The van der Waals surface area contributed by atoms with Crippen LogP contribution in [-0.2, 0) is 6.54 Å². The predicted molar refractivity (Wildman–Crippen MR) is 51.4 cm³/mol. The molecule has 0 fully saturated rings. The molecular formula is C7H6BrF2N3O2.